The van der Waals surface area contributed by atoms with Crippen LogP contribution >= 0.6 is 23.1 Å². The molecule has 28 heavy (non-hydrogen) atoms. The summed E-state index contributed by atoms with van der Waals surface area (Å²) in [6, 6.07) is 14.7. The highest BCUT2D eigenvalue weighted by molar-refractivity contribution is 8.00. The number of nitrogens with one attached hydrogen (secondary N) is 2. The molecule has 0 saturated heterocycles. The predicted octanol–water partition coefficient (Wildman–Crippen LogP) is 5.34. The maximum Gasteiger partial charge on any atom is 0.255 e. The first-order valence-corrected chi connectivity index (χ1v) is 10.7. The molecule has 144 valence electrons. The molecule has 1 heterocycles. The molecule has 0 atom stereocenters. The molecule has 2 aromatic carbocycles. The first kappa shape index (κ1) is 20.1. The molecule has 0 fully saturated rings. The highest BCUT2D eigenvalue weighted by Crippen LogP contribution is 2.26. The Morgan fingerprint density at radius 3 is 2.43 bits per heavy atom. The van der Waals surface area contributed by atoms with Gasteiger partial charge in [-0.05, 0) is 42.8 Å². The van der Waals surface area contributed by atoms with E-state index in [1.807, 2.05) is 36.6 Å². The number of rotatable bonds is 7. The van der Waals surface area contributed by atoms with Gasteiger partial charge in [-0.25, -0.2) is 4.98 Å². The first-order chi connectivity index (χ1) is 13.5. The van der Waals surface area contributed by atoms with Gasteiger partial charge in [0.2, 0.25) is 5.91 Å². The Bertz CT molecular complexity index is 968. The highest BCUT2D eigenvalue weighted by atomic mass is 32.2. The number of hydrogen-bond donors (Lipinski definition) is 2. The van der Waals surface area contributed by atoms with Gasteiger partial charge < -0.3 is 10.6 Å². The van der Waals surface area contributed by atoms with Crippen molar-refractivity contribution in [2.75, 3.05) is 10.6 Å². The normalized spacial score (nSPS) is 10.5. The summed E-state index contributed by atoms with van der Waals surface area (Å²) in [5, 5.41) is 7.69. The van der Waals surface area contributed by atoms with Crippen LogP contribution in [0.1, 0.15) is 35.0 Å². The molecule has 3 aromatic rings. The summed E-state index contributed by atoms with van der Waals surface area (Å²) in [6.07, 6.45) is 0.406. The lowest BCUT2D eigenvalue weighted by atomic mass is 10.1. The Hall–Kier alpha value is -2.64. The van der Waals surface area contributed by atoms with Crippen LogP contribution in [0.25, 0.3) is 0 Å². The third kappa shape index (κ3) is 5.68. The average Bonchev–Trinajstić information content (AvgIpc) is 3.12. The number of anilines is 2. The zero-order chi connectivity index (χ0) is 19.9. The molecule has 0 aliphatic carbocycles. The Morgan fingerprint density at radius 1 is 1.07 bits per heavy atom. The number of carbonyl (C=O) groups is 2. The van der Waals surface area contributed by atoms with Gasteiger partial charge in [0.15, 0.2) is 0 Å². The Morgan fingerprint density at radius 2 is 1.79 bits per heavy atom. The fourth-order valence-corrected chi connectivity index (χ4v) is 4.23. The van der Waals surface area contributed by atoms with Crippen molar-refractivity contribution in [3.63, 3.8) is 0 Å². The topological polar surface area (TPSA) is 71.1 Å². The van der Waals surface area contributed by atoms with E-state index in [0.29, 0.717) is 23.4 Å². The summed E-state index contributed by atoms with van der Waals surface area (Å²) in [6.45, 7) is 3.78. The summed E-state index contributed by atoms with van der Waals surface area (Å²) >= 11 is 3.34. The fraction of sp³-hybridized carbons (Fsp3) is 0.190. The van der Waals surface area contributed by atoms with Gasteiger partial charge in [-0.1, -0.05) is 36.9 Å². The van der Waals surface area contributed by atoms with E-state index in [2.05, 4.69) is 15.6 Å². The maximum absolute atomic E-state index is 12.5. The largest absolute Gasteiger partial charge is 0.326 e. The van der Waals surface area contributed by atoms with Gasteiger partial charge in [-0.3, -0.25) is 9.59 Å². The molecule has 5 nitrogen and oxygen atoms in total. The maximum atomic E-state index is 12.5. The third-order valence-corrected chi connectivity index (χ3v) is 6.11. The number of nitrogens with zero attached hydrogens (tertiary/aromatic N) is 1. The van der Waals surface area contributed by atoms with Crippen molar-refractivity contribution in [1.82, 2.24) is 4.98 Å². The van der Waals surface area contributed by atoms with E-state index in [1.165, 1.54) is 0 Å². The summed E-state index contributed by atoms with van der Waals surface area (Å²) < 4.78 is 1.05. The predicted molar refractivity (Wildman–Crippen MR) is 116 cm³/mol. The number of carbonyl (C=O) groups excluding carboxylic acids is 2. The zero-order valence-electron chi connectivity index (χ0n) is 15.7. The van der Waals surface area contributed by atoms with Crippen molar-refractivity contribution < 1.29 is 9.59 Å². The van der Waals surface area contributed by atoms with Crippen molar-refractivity contribution in [1.29, 1.82) is 0 Å². The molecule has 0 saturated carbocycles. The van der Waals surface area contributed by atoms with Crippen molar-refractivity contribution in [2.45, 2.75) is 30.4 Å². The molecule has 3 rings (SSSR count). The van der Waals surface area contributed by atoms with Gasteiger partial charge in [0.05, 0.1) is 0 Å². The van der Waals surface area contributed by atoms with Crippen LogP contribution in [0.5, 0.6) is 0 Å². The van der Waals surface area contributed by atoms with Crippen molar-refractivity contribution in [2.24, 2.45) is 0 Å². The van der Waals surface area contributed by atoms with Crippen molar-refractivity contribution in [3.8, 4) is 0 Å². The molecular weight excluding hydrogens is 390 g/mol. The summed E-state index contributed by atoms with van der Waals surface area (Å²) in [4.78, 5) is 28.4. The van der Waals surface area contributed by atoms with E-state index >= 15 is 0 Å². The monoisotopic (exact) mass is 411 g/mol. The van der Waals surface area contributed by atoms with Gasteiger partial charge in [0.1, 0.15) is 4.34 Å². The van der Waals surface area contributed by atoms with Gasteiger partial charge in [-0.2, -0.15) is 0 Å². The van der Waals surface area contributed by atoms with Crippen molar-refractivity contribution in [3.05, 3.63) is 70.7 Å². The number of thiazole rings is 1. The minimum atomic E-state index is -0.186. The second-order valence-electron chi connectivity index (χ2n) is 6.18. The Balaban J connectivity index is 1.58. The van der Waals surface area contributed by atoms with Crippen LogP contribution in [0.2, 0.25) is 0 Å². The molecule has 2 amide bonds. The zero-order valence-corrected chi connectivity index (χ0v) is 17.3. The van der Waals surface area contributed by atoms with Crippen LogP contribution < -0.4 is 10.6 Å². The van der Waals surface area contributed by atoms with E-state index in [1.54, 1.807) is 54.3 Å². The summed E-state index contributed by atoms with van der Waals surface area (Å²) in [5.41, 5.74) is 4.06. The lowest BCUT2D eigenvalue weighted by Crippen LogP contribution is -2.13. The van der Waals surface area contributed by atoms with Crippen molar-refractivity contribution >= 4 is 46.3 Å². The Kier molecular flexibility index (Phi) is 6.84. The van der Waals surface area contributed by atoms with Crippen LogP contribution in [0.3, 0.4) is 0 Å². The standard InChI is InChI=1S/C21H21N3O2S2/c1-3-19(25)23-17-5-4-6-18(11-17)24-20(26)16-9-7-15(8-10-16)13-28-21-22-14(2)12-27-21/h4-12H,3,13H2,1-2H3,(H,23,25)(H,24,26). The van der Waals surface area contributed by atoms with E-state index in [9.17, 15) is 9.59 Å². The minimum absolute atomic E-state index is 0.0650. The van der Waals surface area contributed by atoms with E-state index < -0.39 is 0 Å². The molecule has 1 aromatic heterocycles. The number of benzene rings is 2. The number of thioether (sulfide) groups is 1. The third-order valence-electron chi connectivity index (χ3n) is 3.90. The second kappa shape index (κ2) is 9.52. The molecule has 0 aliphatic rings. The fourth-order valence-electron chi connectivity index (χ4n) is 2.42. The molecule has 7 heteroatoms. The van der Waals surface area contributed by atoms with Gasteiger partial charge in [-0.15, -0.1) is 11.3 Å². The molecule has 0 radical (unpaired) electrons. The number of aryl methyl sites for hydroxylation is 1. The second-order valence-corrected chi connectivity index (χ2v) is 8.26. The first-order valence-electron chi connectivity index (χ1n) is 8.88. The number of hydrogen-bond acceptors (Lipinski definition) is 5. The van der Waals surface area contributed by atoms with Crippen LogP contribution in [0.4, 0.5) is 11.4 Å². The van der Waals surface area contributed by atoms with Gasteiger partial charge >= 0.3 is 0 Å². The number of amides is 2. The van der Waals surface area contributed by atoms with Crippen LogP contribution in [-0.4, -0.2) is 16.8 Å². The van der Waals surface area contributed by atoms with E-state index in [-0.39, 0.29) is 11.8 Å². The lowest BCUT2D eigenvalue weighted by molar-refractivity contribution is -0.115. The molecular formula is C21H21N3O2S2. The van der Waals surface area contributed by atoms with Crippen LogP contribution in [0.15, 0.2) is 58.3 Å². The molecule has 0 unspecified atom stereocenters. The molecule has 2 N–H and O–H groups in total. The smallest absolute Gasteiger partial charge is 0.255 e. The minimum Gasteiger partial charge on any atom is -0.326 e. The number of aromatic nitrogens is 1. The highest BCUT2D eigenvalue weighted by Gasteiger charge is 2.08. The van der Waals surface area contributed by atoms with Crippen LogP contribution in [-0.2, 0) is 10.5 Å². The Labute approximate surface area is 172 Å². The summed E-state index contributed by atoms with van der Waals surface area (Å²) in [7, 11) is 0. The summed E-state index contributed by atoms with van der Waals surface area (Å²) in [5.74, 6) is 0.562. The van der Waals surface area contributed by atoms with Gasteiger partial charge in [0, 0.05) is 40.2 Å². The lowest BCUT2D eigenvalue weighted by Gasteiger charge is -2.09. The SMILES string of the molecule is CCC(=O)Nc1cccc(NC(=O)c2ccc(CSc3nc(C)cs3)cc2)c1. The molecule has 0 aliphatic heterocycles. The van der Waals surface area contributed by atoms with E-state index in [4.69, 9.17) is 0 Å². The average molecular weight is 412 g/mol. The quantitative estimate of drug-likeness (QED) is 0.515. The molecule has 0 spiro atoms. The van der Waals surface area contributed by atoms with Gasteiger partial charge in [0.25, 0.3) is 5.91 Å². The molecule has 0 bridgehead atoms. The van der Waals surface area contributed by atoms with E-state index in [0.717, 1.165) is 21.3 Å². The van der Waals surface area contributed by atoms with Crippen LogP contribution in [0, 0.1) is 6.92 Å².